The van der Waals surface area contributed by atoms with Gasteiger partial charge >= 0.3 is 6.03 Å². The fourth-order valence-corrected chi connectivity index (χ4v) is 6.25. The minimum absolute atomic E-state index is 0.0617. The molecule has 3 aliphatic rings. The van der Waals surface area contributed by atoms with Gasteiger partial charge in [0.2, 0.25) is 4.80 Å². The number of hydrogen-bond acceptors (Lipinski definition) is 6. The third kappa shape index (κ3) is 2.92. The lowest BCUT2D eigenvalue weighted by Crippen LogP contribution is -2.53. The second-order valence-electron chi connectivity index (χ2n) is 8.92. The Morgan fingerprint density at radius 2 is 1.74 bits per heavy atom. The van der Waals surface area contributed by atoms with E-state index in [1.807, 2.05) is 75.4 Å². The molecule has 2 aromatic carbocycles. The van der Waals surface area contributed by atoms with Gasteiger partial charge in [-0.1, -0.05) is 47.7 Å². The summed E-state index contributed by atoms with van der Waals surface area (Å²) >= 11 is 1.18. The molecule has 6 rings (SSSR count). The standard InChI is InChI=1S/C25H24N6O3S/c1-4-28-20-21(30(25(28)34)15-10-6-5-7-11-15)31-23(33)19(35-24(31)27-26-20)18-16-12-8-9-13-17(16)29(14(2)3)22(18)32/h5-14,20-21,26H,4H2,1-3H3/b19-18-. The highest BCUT2D eigenvalue weighted by Crippen LogP contribution is 2.37. The topological polar surface area (TPSA) is 90.2 Å². The number of hydrogen-bond donors (Lipinski definition) is 1. The van der Waals surface area contributed by atoms with Crippen LogP contribution < -0.4 is 30.1 Å². The lowest BCUT2D eigenvalue weighted by Gasteiger charge is -2.30. The van der Waals surface area contributed by atoms with E-state index in [0.717, 1.165) is 11.3 Å². The lowest BCUT2D eigenvalue weighted by atomic mass is 10.1. The van der Waals surface area contributed by atoms with Crippen molar-refractivity contribution in [1.29, 1.82) is 0 Å². The number of nitrogens with zero attached hydrogens (tertiary/aromatic N) is 5. The Labute approximate surface area is 205 Å². The summed E-state index contributed by atoms with van der Waals surface area (Å²) in [6.45, 7) is 6.26. The molecule has 35 heavy (non-hydrogen) atoms. The van der Waals surface area contributed by atoms with Gasteiger partial charge < -0.3 is 4.90 Å². The Hall–Kier alpha value is -3.92. The Bertz CT molecular complexity index is 1540. The summed E-state index contributed by atoms with van der Waals surface area (Å²) in [6, 6.07) is 16.6. The molecule has 1 aromatic heterocycles. The number of benzene rings is 2. The van der Waals surface area contributed by atoms with Crippen LogP contribution in [0.5, 0.6) is 0 Å². The van der Waals surface area contributed by atoms with Gasteiger partial charge in [0.25, 0.3) is 11.5 Å². The number of nitrogens with one attached hydrogen (secondary N) is 1. The molecule has 2 atom stereocenters. The molecule has 3 amide bonds. The van der Waals surface area contributed by atoms with Crippen LogP contribution in [-0.4, -0.2) is 40.2 Å². The summed E-state index contributed by atoms with van der Waals surface area (Å²) in [5.41, 5.74) is 5.39. The van der Waals surface area contributed by atoms with E-state index in [0.29, 0.717) is 27.1 Å². The van der Waals surface area contributed by atoms with Gasteiger partial charge in [-0.25, -0.2) is 4.79 Å². The fraction of sp³-hybridized carbons (Fsp3) is 0.280. The van der Waals surface area contributed by atoms with Crippen LogP contribution in [0.15, 0.2) is 64.5 Å². The summed E-state index contributed by atoms with van der Waals surface area (Å²) in [5.74, 6) is -0.195. The zero-order valence-corrected chi connectivity index (χ0v) is 20.3. The highest BCUT2D eigenvalue weighted by molar-refractivity contribution is 7.07. The van der Waals surface area contributed by atoms with Crippen LogP contribution in [0.25, 0.3) is 5.57 Å². The van der Waals surface area contributed by atoms with E-state index in [1.165, 1.54) is 11.3 Å². The highest BCUT2D eigenvalue weighted by Gasteiger charge is 2.50. The Morgan fingerprint density at radius 1 is 1.03 bits per heavy atom. The van der Waals surface area contributed by atoms with E-state index in [4.69, 9.17) is 0 Å². The van der Waals surface area contributed by atoms with Gasteiger partial charge in [-0.05, 0) is 39.0 Å². The summed E-state index contributed by atoms with van der Waals surface area (Å²) in [6.07, 6.45) is -1.15. The van der Waals surface area contributed by atoms with Crippen LogP contribution in [-0.2, 0) is 4.79 Å². The predicted molar refractivity (Wildman–Crippen MR) is 134 cm³/mol. The highest BCUT2D eigenvalue weighted by atomic mass is 32.1. The van der Waals surface area contributed by atoms with E-state index < -0.39 is 12.3 Å². The molecule has 10 heteroatoms. The number of amides is 3. The van der Waals surface area contributed by atoms with Gasteiger partial charge in [-0.15, -0.1) is 5.10 Å². The Morgan fingerprint density at radius 3 is 2.46 bits per heavy atom. The molecule has 2 unspecified atom stereocenters. The zero-order chi connectivity index (χ0) is 24.4. The minimum Gasteiger partial charge on any atom is -0.305 e. The fourth-order valence-electron chi connectivity index (χ4n) is 5.19. The zero-order valence-electron chi connectivity index (χ0n) is 19.5. The van der Waals surface area contributed by atoms with Gasteiger partial charge in [-0.2, -0.15) is 0 Å². The van der Waals surface area contributed by atoms with Gasteiger partial charge in [0.15, 0.2) is 12.3 Å². The van der Waals surface area contributed by atoms with Gasteiger partial charge in [0, 0.05) is 23.8 Å². The molecule has 0 radical (unpaired) electrons. The second-order valence-corrected chi connectivity index (χ2v) is 9.90. The van der Waals surface area contributed by atoms with Crippen molar-refractivity contribution in [3.8, 4) is 0 Å². The van der Waals surface area contributed by atoms with E-state index in [2.05, 4.69) is 10.5 Å². The number of carbonyl (C=O) groups excluding carboxylic acids is 2. The van der Waals surface area contributed by atoms with Crippen molar-refractivity contribution in [3.63, 3.8) is 0 Å². The third-order valence-corrected chi connectivity index (χ3v) is 7.74. The van der Waals surface area contributed by atoms with Crippen LogP contribution in [0.2, 0.25) is 0 Å². The summed E-state index contributed by atoms with van der Waals surface area (Å²) in [4.78, 5) is 46.4. The van der Waals surface area contributed by atoms with Crippen molar-refractivity contribution < 1.29 is 9.59 Å². The van der Waals surface area contributed by atoms with E-state index >= 15 is 0 Å². The van der Waals surface area contributed by atoms with Crippen LogP contribution in [0, 0.1) is 0 Å². The van der Waals surface area contributed by atoms with Gasteiger partial charge in [0.1, 0.15) is 4.53 Å². The maximum absolute atomic E-state index is 14.0. The number of aromatic nitrogens is 1. The molecule has 1 fully saturated rings. The quantitative estimate of drug-likeness (QED) is 0.609. The first-order chi connectivity index (χ1) is 16.9. The summed E-state index contributed by atoms with van der Waals surface area (Å²) in [7, 11) is 0. The van der Waals surface area contributed by atoms with E-state index in [-0.39, 0.29) is 23.5 Å². The molecular formula is C25H24N6O3S. The smallest absolute Gasteiger partial charge is 0.305 e. The molecule has 0 spiro atoms. The van der Waals surface area contributed by atoms with Crippen LogP contribution >= 0.6 is 11.3 Å². The number of thiazole rings is 1. The average Bonchev–Trinajstić information content (AvgIpc) is 3.44. The monoisotopic (exact) mass is 488 g/mol. The number of para-hydroxylation sites is 2. The van der Waals surface area contributed by atoms with Crippen LogP contribution in [0.3, 0.4) is 0 Å². The molecule has 178 valence electrons. The SMILES string of the molecule is CCN1C(=O)N(c2ccccc2)C2C1NN=c1s/c(=C3\C(=O)N(C(C)C)c4ccccc43)c(=O)n12. The van der Waals surface area contributed by atoms with Crippen molar-refractivity contribution in [2.75, 3.05) is 16.3 Å². The third-order valence-electron chi connectivity index (χ3n) is 6.69. The normalized spacial score (nSPS) is 22.2. The second kappa shape index (κ2) is 7.81. The first kappa shape index (κ1) is 21.6. The molecule has 3 aromatic rings. The van der Waals surface area contributed by atoms with Crippen molar-refractivity contribution in [2.24, 2.45) is 5.10 Å². The number of likely N-dealkylation sites (N-methyl/N-ethyl adjacent to an activating group) is 1. The predicted octanol–water partition coefficient (Wildman–Crippen LogP) is 1.79. The first-order valence-corrected chi connectivity index (χ1v) is 12.4. The molecule has 0 aliphatic carbocycles. The number of rotatable bonds is 3. The number of fused-ring (bicyclic) bond motifs is 4. The maximum atomic E-state index is 14.0. The molecule has 4 heterocycles. The largest absolute Gasteiger partial charge is 0.328 e. The molecule has 0 saturated carbocycles. The van der Waals surface area contributed by atoms with Crippen LogP contribution in [0.1, 0.15) is 32.5 Å². The number of carbonyl (C=O) groups is 2. The van der Waals surface area contributed by atoms with Crippen molar-refractivity contribution in [3.05, 3.63) is 79.8 Å². The molecule has 3 aliphatic heterocycles. The Balaban J connectivity index is 1.61. The molecule has 0 bridgehead atoms. The first-order valence-electron chi connectivity index (χ1n) is 11.6. The molecule has 1 saturated heterocycles. The van der Waals surface area contributed by atoms with E-state index in [9.17, 15) is 14.4 Å². The summed E-state index contributed by atoms with van der Waals surface area (Å²) in [5, 5.41) is 4.46. The van der Waals surface area contributed by atoms with E-state index in [1.54, 1.807) is 19.3 Å². The van der Waals surface area contributed by atoms with Crippen molar-refractivity contribution >= 4 is 40.2 Å². The molecule has 1 N–H and O–H groups in total. The molecular weight excluding hydrogens is 464 g/mol. The van der Waals surface area contributed by atoms with Crippen molar-refractivity contribution in [1.82, 2.24) is 14.9 Å². The van der Waals surface area contributed by atoms with Crippen LogP contribution in [0.4, 0.5) is 16.2 Å². The minimum atomic E-state index is -0.636. The molecule has 9 nitrogen and oxygen atoms in total. The Kier molecular flexibility index (Phi) is 4.82. The average molecular weight is 489 g/mol. The maximum Gasteiger partial charge on any atom is 0.328 e. The number of urea groups is 1. The summed E-state index contributed by atoms with van der Waals surface area (Å²) < 4.78 is 1.89. The van der Waals surface area contributed by atoms with Gasteiger partial charge in [-0.3, -0.25) is 29.4 Å². The van der Waals surface area contributed by atoms with Gasteiger partial charge in [0.05, 0.1) is 11.3 Å². The number of anilines is 2. The lowest BCUT2D eigenvalue weighted by molar-refractivity contribution is -0.113. The van der Waals surface area contributed by atoms with Crippen molar-refractivity contribution in [2.45, 2.75) is 39.1 Å².